The van der Waals surface area contributed by atoms with Crippen molar-refractivity contribution in [1.82, 2.24) is 9.88 Å². The summed E-state index contributed by atoms with van der Waals surface area (Å²) < 4.78 is 28.6. The zero-order valence-electron chi connectivity index (χ0n) is 19.0. The van der Waals surface area contributed by atoms with Crippen LogP contribution in [0.1, 0.15) is 48.9 Å². The first-order valence-electron chi connectivity index (χ1n) is 11.8. The highest BCUT2D eigenvalue weighted by Crippen LogP contribution is 2.38. The van der Waals surface area contributed by atoms with Crippen molar-refractivity contribution in [2.45, 2.75) is 49.0 Å². The molecule has 178 valence electrons. The third kappa shape index (κ3) is 4.65. The number of carbonyl (C=O) groups is 1. The lowest BCUT2D eigenvalue weighted by atomic mass is 9.74. The molecule has 7 nitrogen and oxygen atoms in total. The molecule has 1 saturated carbocycles. The van der Waals surface area contributed by atoms with Gasteiger partial charge >= 0.3 is 0 Å². The first-order chi connectivity index (χ1) is 16.3. The Kier molecular flexibility index (Phi) is 6.04. The Hall–Kier alpha value is -2.97. The Balaban J connectivity index is 1.24. The molecule has 8 heteroatoms. The molecule has 0 spiro atoms. The molecule has 2 aliphatic rings. The number of anilines is 1. The molecule has 1 aromatic heterocycles. The maximum absolute atomic E-state index is 13.0. The molecular formula is C26H29N3O4S. The molecule has 5 rings (SSSR count). The minimum atomic E-state index is -3.85. The maximum atomic E-state index is 13.0. The summed E-state index contributed by atoms with van der Waals surface area (Å²) in [4.78, 5) is 19.1. The van der Waals surface area contributed by atoms with E-state index in [1.54, 1.807) is 47.5 Å². The van der Waals surface area contributed by atoms with Crippen LogP contribution in [0.2, 0.25) is 0 Å². The van der Waals surface area contributed by atoms with Gasteiger partial charge in [0, 0.05) is 35.9 Å². The summed E-state index contributed by atoms with van der Waals surface area (Å²) in [6, 6.07) is 15.1. The van der Waals surface area contributed by atoms with Crippen LogP contribution in [0.15, 0.2) is 65.7 Å². The van der Waals surface area contributed by atoms with E-state index in [9.17, 15) is 18.3 Å². The van der Waals surface area contributed by atoms with E-state index in [0.717, 1.165) is 11.8 Å². The third-order valence-corrected chi connectivity index (χ3v) is 8.56. The number of hydrogen-bond acceptors (Lipinski definition) is 5. The SMILES string of the molecule is O=C(c1ccc(NS(=O)(=O)c2cccc3cccnc23)cc1)N1CCC(O)(CC2CCC2)CC1. The van der Waals surface area contributed by atoms with Crippen LogP contribution >= 0.6 is 0 Å². The minimum Gasteiger partial charge on any atom is -0.390 e. The number of likely N-dealkylation sites (tertiary alicyclic amines) is 1. The first kappa shape index (κ1) is 22.8. The molecule has 1 amide bonds. The fourth-order valence-corrected chi connectivity index (χ4v) is 6.17. The highest BCUT2D eigenvalue weighted by Gasteiger charge is 2.37. The number of hydrogen-bond donors (Lipinski definition) is 2. The molecule has 0 bridgehead atoms. The van der Waals surface area contributed by atoms with Gasteiger partial charge in [0.05, 0.1) is 11.1 Å². The van der Waals surface area contributed by atoms with Crippen LogP contribution in [0.25, 0.3) is 10.9 Å². The van der Waals surface area contributed by atoms with E-state index in [-0.39, 0.29) is 10.8 Å². The molecule has 2 aromatic carbocycles. The third-order valence-electron chi connectivity index (χ3n) is 7.14. The Morgan fingerprint density at radius 1 is 1.06 bits per heavy atom. The lowest BCUT2D eigenvalue weighted by Crippen LogP contribution is -2.47. The van der Waals surface area contributed by atoms with Crippen LogP contribution in [-0.2, 0) is 10.0 Å². The van der Waals surface area contributed by atoms with E-state index in [1.807, 2.05) is 12.1 Å². The summed E-state index contributed by atoms with van der Waals surface area (Å²) in [5.74, 6) is 0.534. The second-order valence-electron chi connectivity index (χ2n) is 9.53. The van der Waals surface area contributed by atoms with Crippen molar-refractivity contribution >= 4 is 32.5 Å². The number of aromatic nitrogens is 1. The minimum absolute atomic E-state index is 0.0987. The van der Waals surface area contributed by atoms with E-state index in [0.29, 0.717) is 48.6 Å². The van der Waals surface area contributed by atoms with Crippen molar-refractivity contribution in [1.29, 1.82) is 0 Å². The number of sulfonamides is 1. The Labute approximate surface area is 199 Å². The predicted octanol–water partition coefficient (Wildman–Crippen LogP) is 4.19. The Morgan fingerprint density at radius 3 is 2.44 bits per heavy atom. The van der Waals surface area contributed by atoms with Crippen LogP contribution in [0, 0.1) is 5.92 Å². The summed E-state index contributed by atoms with van der Waals surface area (Å²) in [5.41, 5.74) is 0.629. The zero-order valence-corrected chi connectivity index (χ0v) is 19.8. The van der Waals surface area contributed by atoms with Gasteiger partial charge in [0.1, 0.15) is 4.90 Å². The largest absolute Gasteiger partial charge is 0.390 e. The molecule has 0 atom stereocenters. The summed E-state index contributed by atoms with van der Waals surface area (Å²) >= 11 is 0. The Morgan fingerprint density at radius 2 is 1.76 bits per heavy atom. The average molecular weight is 480 g/mol. The smallest absolute Gasteiger partial charge is 0.264 e. The van der Waals surface area contributed by atoms with E-state index < -0.39 is 15.6 Å². The fourth-order valence-electron chi connectivity index (χ4n) is 4.93. The lowest BCUT2D eigenvalue weighted by molar-refractivity contribution is -0.0419. The van der Waals surface area contributed by atoms with Gasteiger partial charge in [-0.2, -0.15) is 0 Å². The molecular weight excluding hydrogens is 450 g/mol. The summed E-state index contributed by atoms with van der Waals surface area (Å²) in [5, 5.41) is 11.6. The Bertz CT molecular complexity index is 1290. The zero-order chi connectivity index (χ0) is 23.8. The molecule has 1 aliphatic carbocycles. The van der Waals surface area contributed by atoms with Gasteiger partial charge in [0.15, 0.2) is 0 Å². The molecule has 34 heavy (non-hydrogen) atoms. The lowest BCUT2D eigenvalue weighted by Gasteiger charge is -2.41. The van der Waals surface area contributed by atoms with Gasteiger partial charge in [-0.25, -0.2) is 8.42 Å². The van der Waals surface area contributed by atoms with Crippen LogP contribution < -0.4 is 4.72 Å². The van der Waals surface area contributed by atoms with Gasteiger partial charge in [0.25, 0.3) is 15.9 Å². The molecule has 2 N–H and O–H groups in total. The number of fused-ring (bicyclic) bond motifs is 1. The predicted molar refractivity (Wildman–Crippen MR) is 131 cm³/mol. The number of nitrogens with one attached hydrogen (secondary N) is 1. The van der Waals surface area contributed by atoms with Crippen LogP contribution in [0.3, 0.4) is 0 Å². The highest BCUT2D eigenvalue weighted by molar-refractivity contribution is 7.93. The number of aliphatic hydroxyl groups is 1. The summed E-state index contributed by atoms with van der Waals surface area (Å²) in [6.45, 7) is 1.06. The van der Waals surface area contributed by atoms with Crippen molar-refractivity contribution in [3.8, 4) is 0 Å². The highest BCUT2D eigenvalue weighted by atomic mass is 32.2. The van der Waals surface area contributed by atoms with Gasteiger partial charge in [-0.1, -0.05) is 37.5 Å². The number of carbonyl (C=O) groups excluding carboxylic acids is 1. The van der Waals surface area contributed by atoms with Crippen molar-refractivity contribution in [3.63, 3.8) is 0 Å². The number of amides is 1. The fraction of sp³-hybridized carbons (Fsp3) is 0.385. The van der Waals surface area contributed by atoms with Crippen LogP contribution in [-0.4, -0.2) is 48.0 Å². The van der Waals surface area contributed by atoms with Crippen molar-refractivity contribution in [3.05, 3.63) is 66.4 Å². The molecule has 1 aliphatic heterocycles. The van der Waals surface area contributed by atoms with Crippen LogP contribution in [0.5, 0.6) is 0 Å². The van der Waals surface area contributed by atoms with E-state index in [1.165, 1.54) is 25.3 Å². The van der Waals surface area contributed by atoms with Gasteiger partial charge < -0.3 is 10.0 Å². The average Bonchev–Trinajstić information content (AvgIpc) is 2.81. The van der Waals surface area contributed by atoms with Gasteiger partial charge in [-0.15, -0.1) is 0 Å². The molecule has 2 heterocycles. The monoisotopic (exact) mass is 479 g/mol. The normalized spacial score (nSPS) is 18.4. The molecule has 0 radical (unpaired) electrons. The molecule has 3 aromatic rings. The van der Waals surface area contributed by atoms with Crippen LogP contribution in [0.4, 0.5) is 5.69 Å². The molecule has 0 unspecified atom stereocenters. The topological polar surface area (TPSA) is 99.6 Å². The van der Waals surface area contributed by atoms with Crippen molar-refractivity contribution < 1.29 is 18.3 Å². The van der Waals surface area contributed by atoms with Gasteiger partial charge in [-0.3, -0.25) is 14.5 Å². The maximum Gasteiger partial charge on any atom is 0.264 e. The van der Waals surface area contributed by atoms with E-state index in [4.69, 9.17) is 0 Å². The number of benzene rings is 2. The van der Waals surface area contributed by atoms with E-state index in [2.05, 4.69) is 9.71 Å². The first-order valence-corrected chi connectivity index (χ1v) is 13.3. The number of rotatable bonds is 6. The van der Waals surface area contributed by atoms with Crippen molar-refractivity contribution in [2.24, 2.45) is 5.92 Å². The van der Waals surface area contributed by atoms with Crippen molar-refractivity contribution in [2.75, 3.05) is 17.8 Å². The van der Waals surface area contributed by atoms with Gasteiger partial charge in [-0.05, 0) is 61.6 Å². The second-order valence-corrected chi connectivity index (χ2v) is 11.2. The molecule has 2 fully saturated rings. The number of pyridine rings is 1. The number of para-hydroxylation sites is 1. The number of piperidine rings is 1. The second kappa shape index (κ2) is 9.00. The summed E-state index contributed by atoms with van der Waals surface area (Å²) in [6.07, 6.45) is 7.29. The number of nitrogens with zero attached hydrogens (tertiary/aromatic N) is 2. The summed E-state index contributed by atoms with van der Waals surface area (Å²) in [7, 11) is -3.85. The standard InChI is InChI=1S/C26H29N3O4S/c30-25(29-16-13-26(31,14-17-29)18-19-4-1-5-19)21-9-11-22(12-10-21)28-34(32,33)23-8-2-6-20-7-3-15-27-24(20)23/h2-3,6-12,15,19,28,31H,1,4-5,13-14,16-18H2. The van der Waals surface area contributed by atoms with Gasteiger partial charge in [0.2, 0.25) is 0 Å². The molecule has 1 saturated heterocycles. The quantitative estimate of drug-likeness (QED) is 0.552. The van der Waals surface area contributed by atoms with E-state index >= 15 is 0 Å².